The van der Waals surface area contributed by atoms with Crippen molar-refractivity contribution in [2.45, 2.75) is 53.5 Å². The molecule has 0 unspecified atom stereocenters. The number of hydrogen-bond acceptors (Lipinski definition) is 3. The molecule has 1 aromatic carbocycles. The highest BCUT2D eigenvalue weighted by atomic mass is 32.2. The van der Waals surface area contributed by atoms with Crippen molar-refractivity contribution in [1.29, 1.82) is 0 Å². The number of sulfonamides is 1. The topological polar surface area (TPSA) is 66.5 Å². The monoisotopic (exact) mass is 340 g/mol. The van der Waals surface area contributed by atoms with Crippen molar-refractivity contribution in [2.75, 3.05) is 17.1 Å². The second-order valence-electron chi connectivity index (χ2n) is 7.13. The Hall–Kier alpha value is -1.56. The number of nitrogens with zero attached hydrogens (tertiary/aromatic N) is 1. The summed E-state index contributed by atoms with van der Waals surface area (Å²) < 4.78 is 25.8. The van der Waals surface area contributed by atoms with E-state index in [0.29, 0.717) is 5.69 Å². The van der Waals surface area contributed by atoms with Gasteiger partial charge in [-0.1, -0.05) is 17.7 Å². The van der Waals surface area contributed by atoms with Crippen LogP contribution in [0.15, 0.2) is 12.1 Å². The summed E-state index contributed by atoms with van der Waals surface area (Å²) in [6.07, 6.45) is 1.30. The molecule has 0 aromatic heterocycles. The number of benzene rings is 1. The van der Waals surface area contributed by atoms with Crippen LogP contribution in [0.1, 0.15) is 43.9 Å². The number of carbonyl (C=O) groups excluding carboxylic acids is 1. The maximum atomic E-state index is 12.2. The minimum absolute atomic E-state index is 0.122. The van der Waals surface area contributed by atoms with Gasteiger partial charge in [-0.3, -0.25) is 9.10 Å². The van der Waals surface area contributed by atoms with Crippen molar-refractivity contribution < 1.29 is 13.2 Å². The molecule has 0 bridgehead atoms. The van der Waals surface area contributed by atoms with Gasteiger partial charge in [0, 0.05) is 18.5 Å². The van der Waals surface area contributed by atoms with Crippen molar-refractivity contribution in [1.82, 2.24) is 5.32 Å². The van der Waals surface area contributed by atoms with Crippen LogP contribution in [0.3, 0.4) is 0 Å². The molecule has 6 heteroatoms. The second kappa shape index (κ2) is 6.91. The fourth-order valence-corrected chi connectivity index (χ4v) is 3.74. The van der Waals surface area contributed by atoms with Gasteiger partial charge in [0.25, 0.3) is 0 Å². The molecular weight excluding hydrogens is 312 g/mol. The number of carbonyl (C=O) groups is 1. The van der Waals surface area contributed by atoms with Gasteiger partial charge in [0.2, 0.25) is 15.9 Å². The van der Waals surface area contributed by atoms with E-state index in [0.717, 1.165) is 16.7 Å². The van der Waals surface area contributed by atoms with Crippen molar-refractivity contribution in [2.24, 2.45) is 0 Å². The average molecular weight is 340 g/mol. The van der Waals surface area contributed by atoms with E-state index in [1.807, 2.05) is 53.7 Å². The summed E-state index contributed by atoms with van der Waals surface area (Å²) in [5, 5.41) is 2.86. The first-order valence-electron chi connectivity index (χ1n) is 7.68. The van der Waals surface area contributed by atoms with Crippen molar-refractivity contribution in [3.63, 3.8) is 0 Å². The van der Waals surface area contributed by atoms with E-state index < -0.39 is 10.0 Å². The molecule has 0 spiro atoms. The minimum atomic E-state index is -3.46. The molecule has 23 heavy (non-hydrogen) atoms. The van der Waals surface area contributed by atoms with E-state index in [1.165, 1.54) is 10.6 Å². The standard InChI is InChI=1S/C17H28N2O3S/c1-12-10-13(2)16(14(3)11-12)19(23(7,21)22)9-8-15(20)18-17(4,5)6/h10-11H,8-9H2,1-7H3,(H,18,20). The number of rotatable bonds is 5. The summed E-state index contributed by atoms with van der Waals surface area (Å²) in [7, 11) is -3.46. The van der Waals surface area contributed by atoms with Gasteiger partial charge in [0.1, 0.15) is 0 Å². The molecule has 1 N–H and O–H groups in total. The van der Waals surface area contributed by atoms with Gasteiger partial charge in [0.15, 0.2) is 0 Å². The highest BCUT2D eigenvalue weighted by Crippen LogP contribution is 2.28. The van der Waals surface area contributed by atoms with Crippen molar-refractivity contribution in [3.8, 4) is 0 Å². The smallest absolute Gasteiger partial charge is 0.232 e. The number of aryl methyl sites for hydroxylation is 3. The Labute approximate surface area is 140 Å². The quantitative estimate of drug-likeness (QED) is 0.896. The highest BCUT2D eigenvalue weighted by molar-refractivity contribution is 7.92. The average Bonchev–Trinajstić information content (AvgIpc) is 2.27. The summed E-state index contributed by atoms with van der Waals surface area (Å²) in [5.74, 6) is -0.159. The molecule has 0 heterocycles. The third-order valence-electron chi connectivity index (χ3n) is 3.34. The van der Waals surface area contributed by atoms with Crippen LogP contribution in [-0.4, -0.2) is 32.7 Å². The molecule has 0 radical (unpaired) electrons. The molecule has 1 amide bonds. The molecule has 1 aromatic rings. The summed E-state index contributed by atoms with van der Waals surface area (Å²) in [4.78, 5) is 12.0. The van der Waals surface area contributed by atoms with Crippen LogP contribution in [0.25, 0.3) is 0 Å². The Morgan fingerprint density at radius 3 is 2.00 bits per heavy atom. The van der Waals surface area contributed by atoms with Crippen LogP contribution >= 0.6 is 0 Å². The molecular formula is C17H28N2O3S. The number of anilines is 1. The molecule has 130 valence electrons. The molecule has 5 nitrogen and oxygen atoms in total. The van der Waals surface area contributed by atoms with Gasteiger partial charge >= 0.3 is 0 Å². The Bertz CT molecular complexity index is 665. The number of hydrogen-bond donors (Lipinski definition) is 1. The van der Waals surface area contributed by atoms with Gasteiger partial charge in [-0.2, -0.15) is 0 Å². The lowest BCUT2D eigenvalue weighted by atomic mass is 10.0. The first kappa shape index (κ1) is 19.5. The summed E-state index contributed by atoms with van der Waals surface area (Å²) in [6.45, 7) is 11.6. The maximum Gasteiger partial charge on any atom is 0.232 e. The van der Waals surface area contributed by atoms with E-state index in [9.17, 15) is 13.2 Å². The molecule has 1 rings (SSSR count). The molecule has 0 saturated heterocycles. The van der Waals surface area contributed by atoms with Gasteiger partial charge in [0.05, 0.1) is 11.9 Å². The van der Waals surface area contributed by atoms with Gasteiger partial charge in [-0.05, 0) is 52.7 Å². The molecule has 0 aliphatic carbocycles. The number of amides is 1. The maximum absolute atomic E-state index is 12.2. The normalized spacial score (nSPS) is 12.1. The van der Waals surface area contributed by atoms with Gasteiger partial charge < -0.3 is 5.32 Å². The molecule has 0 atom stereocenters. The van der Waals surface area contributed by atoms with Crippen LogP contribution in [-0.2, 0) is 14.8 Å². The third-order valence-corrected chi connectivity index (χ3v) is 4.51. The minimum Gasteiger partial charge on any atom is -0.351 e. The van der Waals surface area contributed by atoms with Crippen LogP contribution in [0.4, 0.5) is 5.69 Å². The molecule has 0 aliphatic rings. The predicted octanol–water partition coefficient (Wildman–Crippen LogP) is 2.68. The Kier molecular flexibility index (Phi) is 5.85. The lowest BCUT2D eigenvalue weighted by Crippen LogP contribution is -2.42. The largest absolute Gasteiger partial charge is 0.351 e. The SMILES string of the molecule is Cc1cc(C)c(N(CCC(=O)NC(C)(C)C)S(C)(=O)=O)c(C)c1. The Morgan fingerprint density at radius 2 is 1.61 bits per heavy atom. The van der Waals surface area contributed by atoms with Crippen LogP contribution in [0.5, 0.6) is 0 Å². The lowest BCUT2D eigenvalue weighted by Gasteiger charge is -2.27. The van der Waals surface area contributed by atoms with Crippen LogP contribution < -0.4 is 9.62 Å². The van der Waals surface area contributed by atoms with Gasteiger partial charge in [-0.25, -0.2) is 8.42 Å². The van der Waals surface area contributed by atoms with E-state index in [4.69, 9.17) is 0 Å². The zero-order chi connectivity index (χ0) is 18.0. The Balaban J connectivity index is 3.08. The van der Waals surface area contributed by atoms with E-state index >= 15 is 0 Å². The van der Waals surface area contributed by atoms with E-state index in [2.05, 4.69) is 5.32 Å². The number of nitrogens with one attached hydrogen (secondary N) is 1. The fraction of sp³-hybridized carbons (Fsp3) is 0.588. The molecule has 0 aliphatic heterocycles. The first-order valence-corrected chi connectivity index (χ1v) is 9.52. The third kappa shape index (κ3) is 5.86. The molecule has 0 fully saturated rings. The first-order chi connectivity index (χ1) is 10.3. The van der Waals surface area contributed by atoms with E-state index in [1.54, 1.807) is 0 Å². The van der Waals surface area contributed by atoms with Crippen molar-refractivity contribution in [3.05, 3.63) is 28.8 Å². The van der Waals surface area contributed by atoms with Crippen LogP contribution in [0.2, 0.25) is 0 Å². The predicted molar refractivity (Wildman–Crippen MR) is 95.4 cm³/mol. The Morgan fingerprint density at radius 1 is 1.13 bits per heavy atom. The zero-order valence-corrected chi connectivity index (χ0v) is 16.0. The summed E-state index contributed by atoms with van der Waals surface area (Å²) >= 11 is 0. The van der Waals surface area contributed by atoms with Crippen molar-refractivity contribution >= 4 is 21.6 Å². The summed E-state index contributed by atoms with van der Waals surface area (Å²) in [5.41, 5.74) is 3.21. The van der Waals surface area contributed by atoms with Crippen LogP contribution in [0, 0.1) is 20.8 Å². The zero-order valence-electron chi connectivity index (χ0n) is 15.1. The lowest BCUT2D eigenvalue weighted by molar-refractivity contribution is -0.122. The van der Waals surface area contributed by atoms with Gasteiger partial charge in [-0.15, -0.1) is 0 Å². The van der Waals surface area contributed by atoms with E-state index in [-0.39, 0.29) is 24.4 Å². The molecule has 0 saturated carbocycles. The summed E-state index contributed by atoms with van der Waals surface area (Å²) in [6, 6.07) is 3.91. The highest BCUT2D eigenvalue weighted by Gasteiger charge is 2.23. The fourth-order valence-electron chi connectivity index (χ4n) is 2.69. The second-order valence-corrected chi connectivity index (χ2v) is 9.04.